The number of benzene rings is 1. The third-order valence-electron chi connectivity index (χ3n) is 3.31. The van der Waals surface area contributed by atoms with Gasteiger partial charge in [0.2, 0.25) is 11.8 Å². The molecule has 1 aliphatic rings. The maximum absolute atomic E-state index is 12.4. The summed E-state index contributed by atoms with van der Waals surface area (Å²) in [7, 11) is 0. The molecular weight excluding hydrogens is 336 g/mol. The van der Waals surface area contributed by atoms with Gasteiger partial charge in [-0.15, -0.1) is 0 Å². The second-order valence-corrected chi connectivity index (χ2v) is 6.44. The van der Waals surface area contributed by atoms with E-state index < -0.39 is 5.54 Å². The molecule has 1 aliphatic heterocycles. The summed E-state index contributed by atoms with van der Waals surface area (Å²) in [5.74, 6) is 0.579. The minimum atomic E-state index is -0.858. The molecule has 0 atom stereocenters. The SMILES string of the molecule is CC1(C)NC(=O)CCN(CCOc2cccc(Br)c2)C1=O. The molecule has 1 heterocycles. The van der Waals surface area contributed by atoms with Gasteiger partial charge in [0.25, 0.3) is 0 Å². The number of amides is 2. The summed E-state index contributed by atoms with van der Waals surface area (Å²) >= 11 is 3.38. The number of carbonyl (C=O) groups is 2. The summed E-state index contributed by atoms with van der Waals surface area (Å²) < 4.78 is 6.59. The second-order valence-electron chi connectivity index (χ2n) is 5.52. The molecule has 0 bridgehead atoms. The Morgan fingerprint density at radius 1 is 1.38 bits per heavy atom. The van der Waals surface area contributed by atoms with Crippen LogP contribution in [0.4, 0.5) is 0 Å². The number of hydrogen-bond donors (Lipinski definition) is 1. The van der Waals surface area contributed by atoms with Crippen LogP contribution in [0, 0.1) is 0 Å². The van der Waals surface area contributed by atoms with E-state index in [-0.39, 0.29) is 11.8 Å². The van der Waals surface area contributed by atoms with Gasteiger partial charge >= 0.3 is 0 Å². The molecule has 1 saturated heterocycles. The van der Waals surface area contributed by atoms with Crippen molar-refractivity contribution < 1.29 is 14.3 Å². The van der Waals surface area contributed by atoms with Crippen LogP contribution < -0.4 is 10.1 Å². The first-order valence-corrected chi connectivity index (χ1v) is 7.66. The van der Waals surface area contributed by atoms with Gasteiger partial charge in [0.15, 0.2) is 0 Å². The molecule has 0 aromatic heterocycles. The van der Waals surface area contributed by atoms with Gasteiger partial charge < -0.3 is 15.0 Å². The fourth-order valence-corrected chi connectivity index (χ4v) is 2.62. The van der Waals surface area contributed by atoms with E-state index >= 15 is 0 Å². The molecule has 0 aliphatic carbocycles. The summed E-state index contributed by atoms with van der Waals surface area (Å²) in [4.78, 5) is 25.6. The lowest BCUT2D eigenvalue weighted by molar-refractivity contribution is -0.137. The molecule has 0 saturated carbocycles. The van der Waals surface area contributed by atoms with Gasteiger partial charge in [0, 0.05) is 17.4 Å². The Morgan fingerprint density at radius 2 is 2.14 bits per heavy atom. The van der Waals surface area contributed by atoms with Gasteiger partial charge in [-0.25, -0.2) is 0 Å². The standard InChI is InChI=1S/C15H19BrN2O3/c1-15(2)14(20)18(7-6-13(19)17-15)8-9-21-12-5-3-4-11(16)10-12/h3-5,10H,6-9H2,1-2H3,(H,17,19). The first kappa shape index (κ1) is 15.8. The molecule has 1 N–H and O–H groups in total. The largest absolute Gasteiger partial charge is 0.492 e. The van der Waals surface area contributed by atoms with Crippen molar-refractivity contribution in [3.8, 4) is 5.75 Å². The molecule has 0 unspecified atom stereocenters. The maximum Gasteiger partial charge on any atom is 0.247 e. The lowest BCUT2D eigenvalue weighted by Gasteiger charge is -2.28. The fourth-order valence-electron chi connectivity index (χ4n) is 2.24. The van der Waals surface area contributed by atoms with Crippen molar-refractivity contribution in [2.75, 3.05) is 19.7 Å². The smallest absolute Gasteiger partial charge is 0.247 e. The molecule has 2 rings (SSSR count). The number of ether oxygens (including phenoxy) is 1. The van der Waals surface area contributed by atoms with E-state index in [0.717, 1.165) is 10.2 Å². The highest BCUT2D eigenvalue weighted by atomic mass is 79.9. The van der Waals surface area contributed by atoms with Crippen molar-refractivity contribution in [2.24, 2.45) is 0 Å². The van der Waals surface area contributed by atoms with E-state index in [4.69, 9.17) is 4.74 Å². The van der Waals surface area contributed by atoms with Crippen LogP contribution >= 0.6 is 15.9 Å². The van der Waals surface area contributed by atoms with Gasteiger partial charge in [-0.05, 0) is 32.0 Å². The van der Waals surface area contributed by atoms with Crippen LogP contribution in [0.5, 0.6) is 5.75 Å². The monoisotopic (exact) mass is 354 g/mol. The maximum atomic E-state index is 12.4. The lowest BCUT2D eigenvalue weighted by atomic mass is 10.0. The van der Waals surface area contributed by atoms with Gasteiger partial charge in [0.1, 0.15) is 17.9 Å². The van der Waals surface area contributed by atoms with Crippen LogP contribution in [-0.2, 0) is 9.59 Å². The Morgan fingerprint density at radius 3 is 2.86 bits per heavy atom. The molecule has 1 fully saturated rings. The van der Waals surface area contributed by atoms with E-state index in [1.807, 2.05) is 24.3 Å². The highest BCUT2D eigenvalue weighted by Gasteiger charge is 2.36. The van der Waals surface area contributed by atoms with E-state index in [1.165, 1.54) is 0 Å². The van der Waals surface area contributed by atoms with Crippen molar-refractivity contribution in [2.45, 2.75) is 25.8 Å². The summed E-state index contributed by atoms with van der Waals surface area (Å²) in [5.41, 5.74) is -0.858. The first-order valence-electron chi connectivity index (χ1n) is 6.87. The molecule has 0 spiro atoms. The Balaban J connectivity index is 1.92. The third-order valence-corrected chi connectivity index (χ3v) is 3.80. The van der Waals surface area contributed by atoms with Crippen molar-refractivity contribution in [3.63, 3.8) is 0 Å². The molecule has 21 heavy (non-hydrogen) atoms. The zero-order valence-electron chi connectivity index (χ0n) is 12.2. The topological polar surface area (TPSA) is 58.6 Å². The van der Waals surface area contributed by atoms with Crippen molar-refractivity contribution in [1.82, 2.24) is 10.2 Å². The van der Waals surface area contributed by atoms with Crippen molar-refractivity contribution in [1.29, 1.82) is 0 Å². The van der Waals surface area contributed by atoms with Gasteiger partial charge in [0.05, 0.1) is 6.54 Å². The predicted molar refractivity (Wildman–Crippen MR) is 83.1 cm³/mol. The Bertz CT molecular complexity index is 545. The Kier molecular flexibility index (Phi) is 4.88. The highest BCUT2D eigenvalue weighted by Crippen LogP contribution is 2.18. The van der Waals surface area contributed by atoms with Crippen LogP contribution in [-0.4, -0.2) is 41.9 Å². The molecule has 1 aromatic carbocycles. The molecule has 6 heteroatoms. The fraction of sp³-hybridized carbons (Fsp3) is 0.467. The number of hydrogen-bond acceptors (Lipinski definition) is 3. The van der Waals surface area contributed by atoms with Crippen LogP contribution in [0.2, 0.25) is 0 Å². The molecule has 114 valence electrons. The number of halogens is 1. The molecule has 0 radical (unpaired) electrons. The van der Waals surface area contributed by atoms with Crippen LogP contribution in [0.25, 0.3) is 0 Å². The molecule has 2 amide bonds. The van der Waals surface area contributed by atoms with Gasteiger partial charge in [-0.2, -0.15) is 0 Å². The molecule has 5 nitrogen and oxygen atoms in total. The molecular formula is C15H19BrN2O3. The number of nitrogens with zero attached hydrogens (tertiary/aromatic N) is 1. The Hall–Kier alpha value is -1.56. The van der Waals surface area contributed by atoms with Crippen LogP contribution in [0.3, 0.4) is 0 Å². The number of nitrogens with one attached hydrogen (secondary N) is 1. The van der Waals surface area contributed by atoms with Gasteiger partial charge in [-0.1, -0.05) is 22.0 Å². The zero-order valence-corrected chi connectivity index (χ0v) is 13.8. The minimum absolute atomic E-state index is 0.0776. The van der Waals surface area contributed by atoms with E-state index in [1.54, 1.807) is 18.7 Å². The number of carbonyl (C=O) groups excluding carboxylic acids is 2. The van der Waals surface area contributed by atoms with Gasteiger partial charge in [-0.3, -0.25) is 9.59 Å². The third kappa shape index (κ3) is 4.20. The average molecular weight is 355 g/mol. The van der Waals surface area contributed by atoms with Crippen LogP contribution in [0.1, 0.15) is 20.3 Å². The van der Waals surface area contributed by atoms with Crippen LogP contribution in [0.15, 0.2) is 28.7 Å². The minimum Gasteiger partial charge on any atom is -0.492 e. The second kappa shape index (κ2) is 6.47. The highest BCUT2D eigenvalue weighted by molar-refractivity contribution is 9.10. The van der Waals surface area contributed by atoms with E-state index in [9.17, 15) is 9.59 Å². The van der Waals surface area contributed by atoms with Crippen molar-refractivity contribution in [3.05, 3.63) is 28.7 Å². The van der Waals surface area contributed by atoms with E-state index in [2.05, 4.69) is 21.2 Å². The Labute approximate surface area is 132 Å². The first-order chi connectivity index (χ1) is 9.88. The average Bonchev–Trinajstić information content (AvgIpc) is 2.49. The summed E-state index contributed by atoms with van der Waals surface area (Å²) in [6.07, 6.45) is 0.325. The van der Waals surface area contributed by atoms with E-state index in [0.29, 0.717) is 26.1 Å². The van der Waals surface area contributed by atoms with Crippen molar-refractivity contribution >= 4 is 27.7 Å². The number of rotatable bonds is 4. The molecule has 1 aromatic rings. The predicted octanol–water partition coefficient (Wildman–Crippen LogP) is 1.95. The lowest BCUT2D eigenvalue weighted by Crippen LogP contribution is -2.53. The summed E-state index contributed by atoms with van der Waals surface area (Å²) in [6, 6.07) is 7.55. The zero-order chi connectivity index (χ0) is 15.5. The quantitative estimate of drug-likeness (QED) is 0.898. The normalized spacial score (nSPS) is 18.1. The summed E-state index contributed by atoms with van der Waals surface area (Å²) in [5, 5.41) is 2.74. The summed E-state index contributed by atoms with van der Waals surface area (Å²) in [6.45, 7) is 4.73.